The van der Waals surface area contributed by atoms with Crippen LogP contribution in [0.2, 0.25) is 0 Å². The maximum Gasteiger partial charge on any atom is 1.00 e. The molecule has 3 nitrogen and oxygen atoms in total. The van der Waals surface area contributed by atoms with E-state index in [1.165, 1.54) is 44.6 Å². The van der Waals surface area contributed by atoms with Crippen molar-refractivity contribution in [2.45, 2.75) is 64.7 Å². The van der Waals surface area contributed by atoms with E-state index in [2.05, 4.69) is 6.92 Å². The number of carboxylic acid groups (broad SMARTS) is 1. The van der Waals surface area contributed by atoms with Gasteiger partial charge in [0.05, 0.1) is 5.56 Å². The van der Waals surface area contributed by atoms with Crippen LogP contribution in [-0.2, 0) is 6.42 Å². The molecule has 0 fully saturated rings. The summed E-state index contributed by atoms with van der Waals surface area (Å²) < 4.78 is 0. The van der Waals surface area contributed by atoms with Crippen LogP contribution in [-0.4, -0.2) is 11.1 Å². The maximum absolute atomic E-state index is 11.5. The molecule has 0 unspecified atom stereocenters. The van der Waals surface area contributed by atoms with Crippen molar-refractivity contribution in [2.24, 2.45) is 0 Å². The van der Waals surface area contributed by atoms with E-state index in [0.29, 0.717) is 12.0 Å². The zero-order valence-electron chi connectivity index (χ0n) is 13.4. The summed E-state index contributed by atoms with van der Waals surface area (Å²) >= 11 is 0. The van der Waals surface area contributed by atoms with Crippen molar-refractivity contribution in [1.29, 1.82) is 0 Å². The third-order valence-electron chi connectivity index (χ3n) is 3.63. The Morgan fingerprint density at radius 1 is 1.05 bits per heavy atom. The quantitative estimate of drug-likeness (QED) is 0.520. The van der Waals surface area contributed by atoms with Crippen LogP contribution in [0.5, 0.6) is 5.75 Å². The number of unbranched alkanes of at least 4 members (excludes halogenated alkanes) is 7. The number of aromatic carboxylic acids is 1. The number of hydrogen-bond donors (Lipinski definition) is 1. The number of benzene rings is 1. The molecule has 0 aliphatic heterocycles. The largest absolute Gasteiger partial charge is 1.00 e. The molecule has 0 aliphatic carbocycles. The van der Waals surface area contributed by atoms with Gasteiger partial charge in [0.2, 0.25) is 0 Å². The summed E-state index contributed by atoms with van der Waals surface area (Å²) in [5, 5.41) is 20.6. The maximum atomic E-state index is 11.5. The van der Waals surface area contributed by atoms with Gasteiger partial charge in [-0.1, -0.05) is 75.8 Å². The fourth-order valence-corrected chi connectivity index (χ4v) is 2.48. The summed E-state index contributed by atoms with van der Waals surface area (Å²) in [6.45, 7) is 2.21. The monoisotopic (exact) mass is 316 g/mol. The molecular formula is C17H25KO3. The summed E-state index contributed by atoms with van der Waals surface area (Å²) in [5.41, 5.74) is 0.631. The first kappa shape index (κ1) is 21.1. The second-order valence-corrected chi connectivity index (χ2v) is 5.32. The fraction of sp³-hybridized carbons (Fsp3) is 0.588. The fourth-order valence-electron chi connectivity index (χ4n) is 2.48. The van der Waals surface area contributed by atoms with Crippen molar-refractivity contribution in [3.63, 3.8) is 0 Å². The molecule has 4 heteroatoms. The predicted molar refractivity (Wildman–Crippen MR) is 79.2 cm³/mol. The number of carbonyl (C=O) groups is 1. The molecule has 1 rings (SSSR count). The van der Waals surface area contributed by atoms with Gasteiger partial charge in [-0.05, 0) is 18.4 Å². The topological polar surface area (TPSA) is 60.4 Å². The minimum Gasteiger partial charge on any atom is -0.872 e. The molecule has 0 spiro atoms. The number of hydrogen-bond acceptors (Lipinski definition) is 2. The smallest absolute Gasteiger partial charge is 0.872 e. The normalized spacial score (nSPS) is 10.1. The Bertz CT molecular complexity index is 418. The molecule has 0 aliphatic rings. The summed E-state index contributed by atoms with van der Waals surface area (Å²) in [6.07, 6.45) is 10.4. The molecule has 0 amide bonds. The third kappa shape index (κ3) is 8.36. The predicted octanol–water partition coefficient (Wildman–Crippen LogP) is 1.15. The minimum atomic E-state index is -1.11. The van der Waals surface area contributed by atoms with Crippen molar-refractivity contribution in [2.75, 3.05) is 0 Å². The zero-order chi connectivity index (χ0) is 14.8. The van der Waals surface area contributed by atoms with E-state index >= 15 is 0 Å². The van der Waals surface area contributed by atoms with Crippen LogP contribution >= 0.6 is 0 Å². The second-order valence-electron chi connectivity index (χ2n) is 5.32. The average Bonchev–Trinajstić information content (AvgIpc) is 2.41. The van der Waals surface area contributed by atoms with Gasteiger partial charge >= 0.3 is 57.4 Å². The Kier molecular flexibility index (Phi) is 12.7. The first-order valence-electron chi connectivity index (χ1n) is 7.69. The van der Waals surface area contributed by atoms with Crippen LogP contribution in [0.4, 0.5) is 0 Å². The number of rotatable bonds is 10. The Morgan fingerprint density at radius 3 is 2.19 bits per heavy atom. The van der Waals surface area contributed by atoms with E-state index in [9.17, 15) is 9.90 Å². The van der Waals surface area contributed by atoms with Gasteiger partial charge < -0.3 is 10.2 Å². The molecule has 0 bridgehead atoms. The van der Waals surface area contributed by atoms with Crippen LogP contribution in [0, 0.1) is 0 Å². The van der Waals surface area contributed by atoms with E-state index in [0.717, 1.165) is 12.8 Å². The molecule has 0 heterocycles. The van der Waals surface area contributed by atoms with Crippen molar-refractivity contribution in [3.05, 3.63) is 29.3 Å². The summed E-state index contributed by atoms with van der Waals surface area (Å²) in [4.78, 5) is 11.1. The van der Waals surface area contributed by atoms with Crippen molar-refractivity contribution >= 4 is 5.97 Å². The molecule has 1 N–H and O–H groups in total. The van der Waals surface area contributed by atoms with Gasteiger partial charge in [-0.25, -0.2) is 4.79 Å². The minimum absolute atomic E-state index is 0. The number of aryl methyl sites for hydroxylation is 1. The SMILES string of the molecule is CCCCCCCCCCc1cccc([O-])c1C(=O)O.[K+]. The van der Waals surface area contributed by atoms with E-state index < -0.39 is 5.97 Å². The molecule has 0 atom stereocenters. The van der Waals surface area contributed by atoms with Gasteiger partial charge in [0.1, 0.15) is 0 Å². The molecule has 112 valence electrons. The number of carboxylic acids is 1. The van der Waals surface area contributed by atoms with Gasteiger partial charge in [-0.3, -0.25) is 0 Å². The van der Waals surface area contributed by atoms with E-state index in [4.69, 9.17) is 5.11 Å². The van der Waals surface area contributed by atoms with E-state index in [1.54, 1.807) is 12.1 Å². The van der Waals surface area contributed by atoms with Crippen LogP contribution in [0.1, 0.15) is 74.2 Å². The van der Waals surface area contributed by atoms with Gasteiger partial charge in [-0.2, -0.15) is 0 Å². The van der Waals surface area contributed by atoms with Gasteiger partial charge in [0.15, 0.2) is 0 Å². The standard InChI is InChI=1S/C17H26O3.K/c1-2-3-4-5-6-7-8-9-11-14-12-10-13-15(18)16(14)17(19)20;/h10,12-13,18H,2-9,11H2,1H3,(H,19,20);/q;+1/p-1. The molecule has 0 saturated heterocycles. The Hall–Kier alpha value is 0.126. The van der Waals surface area contributed by atoms with Crippen molar-refractivity contribution in [1.82, 2.24) is 0 Å². The molecule has 1 aromatic rings. The van der Waals surface area contributed by atoms with Crippen LogP contribution in [0.15, 0.2) is 18.2 Å². The third-order valence-corrected chi connectivity index (χ3v) is 3.63. The molecule has 0 aromatic heterocycles. The first-order chi connectivity index (χ1) is 9.66. The molecular weight excluding hydrogens is 291 g/mol. The second kappa shape index (κ2) is 12.6. The average molecular weight is 316 g/mol. The van der Waals surface area contributed by atoms with Crippen molar-refractivity contribution in [3.8, 4) is 5.75 Å². The van der Waals surface area contributed by atoms with Crippen LogP contribution < -0.4 is 56.5 Å². The Labute approximate surface area is 170 Å². The Morgan fingerprint density at radius 2 is 1.62 bits per heavy atom. The van der Waals surface area contributed by atoms with Crippen molar-refractivity contribution < 1.29 is 66.4 Å². The molecule has 21 heavy (non-hydrogen) atoms. The molecule has 1 aromatic carbocycles. The van der Waals surface area contributed by atoms with Gasteiger partial charge in [0.25, 0.3) is 0 Å². The Balaban J connectivity index is 0.00000400. The summed E-state index contributed by atoms with van der Waals surface area (Å²) in [7, 11) is 0. The summed E-state index contributed by atoms with van der Waals surface area (Å²) in [5.74, 6) is -1.49. The van der Waals surface area contributed by atoms with Crippen LogP contribution in [0.3, 0.4) is 0 Å². The van der Waals surface area contributed by atoms with Gasteiger partial charge in [-0.15, -0.1) is 0 Å². The first-order valence-corrected chi connectivity index (χ1v) is 7.69. The molecule has 0 saturated carbocycles. The van der Waals surface area contributed by atoms with Crippen LogP contribution in [0.25, 0.3) is 0 Å². The molecule has 0 radical (unpaired) electrons. The van der Waals surface area contributed by atoms with E-state index in [1.807, 2.05) is 0 Å². The zero-order valence-corrected chi connectivity index (χ0v) is 16.5. The van der Waals surface area contributed by atoms with E-state index in [-0.39, 0.29) is 62.7 Å². The van der Waals surface area contributed by atoms with Gasteiger partial charge in [0, 0.05) is 0 Å². The summed E-state index contributed by atoms with van der Waals surface area (Å²) in [6, 6.07) is 4.72.